The number of carbonyl (C=O) groups excluding carboxylic acids is 2. The van der Waals surface area contributed by atoms with Gasteiger partial charge in [0.05, 0.1) is 18.0 Å². The van der Waals surface area contributed by atoms with E-state index in [2.05, 4.69) is 0 Å². The number of nitro groups is 1. The van der Waals surface area contributed by atoms with E-state index in [4.69, 9.17) is 15.2 Å². The van der Waals surface area contributed by atoms with Gasteiger partial charge in [0.2, 0.25) is 11.7 Å². The molecule has 0 saturated carbocycles. The summed E-state index contributed by atoms with van der Waals surface area (Å²) in [6.07, 6.45) is 1.39. The number of piperidine rings is 1. The second kappa shape index (κ2) is 7.62. The van der Waals surface area contributed by atoms with Crippen LogP contribution < -0.4 is 15.2 Å². The van der Waals surface area contributed by atoms with Crippen molar-refractivity contribution in [1.82, 2.24) is 4.90 Å². The Morgan fingerprint density at radius 1 is 1.46 bits per heavy atom. The normalized spacial score (nSPS) is 17.2. The molecule has 1 fully saturated rings. The Hall–Kier alpha value is -2.84. The minimum absolute atomic E-state index is 0.0525. The molecule has 2 amide bonds. The molecule has 1 unspecified atom stereocenters. The van der Waals surface area contributed by atoms with Gasteiger partial charge in [-0.15, -0.1) is 0 Å². The van der Waals surface area contributed by atoms with Gasteiger partial charge in [-0.3, -0.25) is 19.7 Å². The van der Waals surface area contributed by atoms with Crippen molar-refractivity contribution >= 4 is 17.5 Å². The Morgan fingerprint density at radius 2 is 2.21 bits per heavy atom. The van der Waals surface area contributed by atoms with Crippen molar-refractivity contribution in [2.24, 2.45) is 11.7 Å². The van der Waals surface area contributed by atoms with Crippen molar-refractivity contribution in [1.29, 1.82) is 0 Å². The predicted octanol–water partition coefficient (Wildman–Crippen LogP) is 0.706. The summed E-state index contributed by atoms with van der Waals surface area (Å²) in [5.41, 5.74) is 5.10. The van der Waals surface area contributed by atoms with Gasteiger partial charge in [-0.05, 0) is 18.9 Å². The van der Waals surface area contributed by atoms with Crippen LogP contribution in [0.15, 0.2) is 18.2 Å². The van der Waals surface area contributed by atoms with Gasteiger partial charge < -0.3 is 20.1 Å². The van der Waals surface area contributed by atoms with Gasteiger partial charge in [0, 0.05) is 25.2 Å². The fourth-order valence-electron chi connectivity index (χ4n) is 2.57. The van der Waals surface area contributed by atoms with Crippen LogP contribution in [0, 0.1) is 16.0 Å². The smallest absolute Gasteiger partial charge is 0.311 e. The molecule has 0 spiro atoms. The fourth-order valence-corrected chi connectivity index (χ4v) is 2.57. The third kappa shape index (κ3) is 4.12. The lowest BCUT2D eigenvalue weighted by Crippen LogP contribution is -2.45. The molecule has 0 radical (unpaired) electrons. The maximum Gasteiger partial charge on any atom is 0.311 e. The van der Waals surface area contributed by atoms with Crippen molar-refractivity contribution in [3.8, 4) is 11.5 Å². The standard InChI is InChI=1S/C15H19N3O6/c1-23-13-7-11(4-5-12(13)18(21)22)24-9-14(19)17-6-2-3-10(8-17)15(16)20/h4-5,7,10H,2-3,6,8-9H2,1H3,(H2,16,20). The van der Waals surface area contributed by atoms with Crippen LogP contribution in [-0.2, 0) is 9.59 Å². The van der Waals surface area contributed by atoms with Crippen LogP contribution >= 0.6 is 0 Å². The van der Waals surface area contributed by atoms with Crippen LogP contribution in [0.25, 0.3) is 0 Å². The molecule has 1 aromatic carbocycles. The molecule has 2 N–H and O–H groups in total. The number of methoxy groups -OCH3 is 1. The van der Waals surface area contributed by atoms with Crippen LogP contribution in [0.2, 0.25) is 0 Å². The maximum absolute atomic E-state index is 12.2. The van der Waals surface area contributed by atoms with E-state index in [0.717, 1.165) is 0 Å². The summed E-state index contributed by atoms with van der Waals surface area (Å²) in [6.45, 7) is 0.614. The lowest BCUT2D eigenvalue weighted by atomic mass is 9.97. The number of nitrogens with two attached hydrogens (primary N) is 1. The molecule has 24 heavy (non-hydrogen) atoms. The number of rotatable bonds is 6. The Labute approximate surface area is 138 Å². The number of hydrogen-bond acceptors (Lipinski definition) is 6. The second-order valence-corrected chi connectivity index (χ2v) is 5.46. The summed E-state index contributed by atoms with van der Waals surface area (Å²) >= 11 is 0. The van der Waals surface area contributed by atoms with E-state index in [-0.39, 0.29) is 35.6 Å². The minimum atomic E-state index is -0.564. The van der Waals surface area contributed by atoms with Crippen molar-refractivity contribution in [2.45, 2.75) is 12.8 Å². The first-order chi connectivity index (χ1) is 11.4. The molecule has 1 aliphatic rings. The third-order valence-corrected chi connectivity index (χ3v) is 3.89. The molecule has 2 rings (SSSR count). The van der Waals surface area contributed by atoms with Crippen LogP contribution in [0.3, 0.4) is 0 Å². The molecule has 9 nitrogen and oxygen atoms in total. The molecule has 1 atom stereocenters. The van der Waals surface area contributed by atoms with Crippen molar-refractivity contribution in [3.05, 3.63) is 28.3 Å². The number of likely N-dealkylation sites (tertiary alicyclic amines) is 1. The molecule has 1 aliphatic heterocycles. The highest BCUT2D eigenvalue weighted by molar-refractivity contribution is 5.81. The van der Waals surface area contributed by atoms with E-state index >= 15 is 0 Å². The maximum atomic E-state index is 12.2. The van der Waals surface area contributed by atoms with Gasteiger partial charge in [-0.1, -0.05) is 0 Å². The summed E-state index contributed by atoms with van der Waals surface area (Å²) in [5, 5.41) is 10.8. The number of hydrogen-bond donors (Lipinski definition) is 1. The lowest BCUT2D eigenvalue weighted by molar-refractivity contribution is -0.385. The number of ether oxygens (including phenoxy) is 2. The topological polar surface area (TPSA) is 125 Å². The number of amides is 2. The Bertz CT molecular complexity index is 648. The van der Waals surface area contributed by atoms with Crippen LogP contribution in [0.4, 0.5) is 5.69 Å². The number of benzene rings is 1. The fraction of sp³-hybridized carbons (Fsp3) is 0.467. The quantitative estimate of drug-likeness (QED) is 0.602. The lowest BCUT2D eigenvalue weighted by Gasteiger charge is -2.31. The molecule has 0 aliphatic carbocycles. The molecule has 130 valence electrons. The van der Waals surface area contributed by atoms with E-state index in [0.29, 0.717) is 25.9 Å². The van der Waals surface area contributed by atoms with Crippen molar-refractivity contribution in [2.75, 3.05) is 26.8 Å². The van der Waals surface area contributed by atoms with Crippen LogP contribution in [0.5, 0.6) is 11.5 Å². The SMILES string of the molecule is COc1cc(OCC(=O)N2CCCC(C(N)=O)C2)ccc1[N+](=O)[O-]. The molecule has 1 aromatic rings. The molecule has 9 heteroatoms. The van der Waals surface area contributed by atoms with E-state index in [9.17, 15) is 19.7 Å². The highest BCUT2D eigenvalue weighted by atomic mass is 16.6. The number of carbonyl (C=O) groups is 2. The first-order valence-electron chi connectivity index (χ1n) is 7.44. The van der Waals surface area contributed by atoms with Crippen molar-refractivity contribution in [3.63, 3.8) is 0 Å². The number of primary amides is 1. The van der Waals surface area contributed by atoms with Gasteiger partial charge in [0.1, 0.15) is 5.75 Å². The van der Waals surface area contributed by atoms with E-state index in [1.54, 1.807) is 4.90 Å². The average Bonchev–Trinajstić information content (AvgIpc) is 2.59. The van der Waals surface area contributed by atoms with E-state index < -0.39 is 10.8 Å². The Morgan fingerprint density at radius 3 is 2.83 bits per heavy atom. The summed E-state index contributed by atoms with van der Waals surface area (Å²) in [5.74, 6) is -0.667. The van der Waals surface area contributed by atoms with E-state index in [1.807, 2.05) is 0 Å². The highest BCUT2D eigenvalue weighted by Gasteiger charge is 2.27. The number of nitrogens with zero attached hydrogens (tertiary/aromatic N) is 2. The Kier molecular flexibility index (Phi) is 5.56. The summed E-state index contributed by atoms with van der Waals surface area (Å²) < 4.78 is 10.3. The molecular formula is C15H19N3O6. The molecule has 0 bridgehead atoms. The van der Waals surface area contributed by atoms with Gasteiger partial charge in [-0.25, -0.2) is 0 Å². The van der Waals surface area contributed by atoms with Crippen LogP contribution in [-0.4, -0.2) is 48.4 Å². The molecular weight excluding hydrogens is 318 g/mol. The number of nitro benzene ring substituents is 1. The van der Waals surface area contributed by atoms with Gasteiger partial charge in [0.25, 0.3) is 5.91 Å². The summed E-state index contributed by atoms with van der Waals surface area (Å²) in [4.78, 5) is 35.2. The zero-order chi connectivity index (χ0) is 17.7. The zero-order valence-electron chi connectivity index (χ0n) is 13.3. The van der Waals surface area contributed by atoms with Crippen LogP contribution in [0.1, 0.15) is 12.8 Å². The molecule has 1 heterocycles. The molecule has 0 aromatic heterocycles. The highest BCUT2D eigenvalue weighted by Crippen LogP contribution is 2.30. The third-order valence-electron chi connectivity index (χ3n) is 3.89. The first-order valence-corrected chi connectivity index (χ1v) is 7.44. The summed E-state index contributed by atoms with van der Waals surface area (Å²) in [6, 6.07) is 4.01. The predicted molar refractivity (Wildman–Crippen MR) is 83.6 cm³/mol. The van der Waals surface area contributed by atoms with Gasteiger partial charge in [-0.2, -0.15) is 0 Å². The molecule has 1 saturated heterocycles. The minimum Gasteiger partial charge on any atom is -0.490 e. The average molecular weight is 337 g/mol. The zero-order valence-corrected chi connectivity index (χ0v) is 13.3. The largest absolute Gasteiger partial charge is 0.490 e. The Balaban J connectivity index is 1.96. The monoisotopic (exact) mass is 337 g/mol. The second-order valence-electron chi connectivity index (χ2n) is 5.46. The first kappa shape index (κ1) is 17.5. The summed E-state index contributed by atoms with van der Waals surface area (Å²) in [7, 11) is 1.31. The van der Waals surface area contributed by atoms with Gasteiger partial charge >= 0.3 is 5.69 Å². The van der Waals surface area contributed by atoms with Crippen molar-refractivity contribution < 1.29 is 24.0 Å². The van der Waals surface area contributed by atoms with E-state index in [1.165, 1.54) is 25.3 Å². The van der Waals surface area contributed by atoms with Gasteiger partial charge in [0.15, 0.2) is 6.61 Å².